The lowest BCUT2D eigenvalue weighted by Crippen LogP contribution is -2.56. The maximum atomic E-state index is 12.0. The molecule has 0 saturated heterocycles. The molecule has 5 aliphatic carbocycles. The van der Waals surface area contributed by atoms with E-state index in [1.54, 1.807) is 0 Å². The Morgan fingerprint density at radius 3 is 2.96 bits per heavy atom. The Hall–Kier alpha value is -1.15. The molecule has 0 aromatic carbocycles. The third kappa shape index (κ3) is 1.71. The summed E-state index contributed by atoms with van der Waals surface area (Å²) in [5.41, 5.74) is 1.77. The molecule has 0 aromatic heterocycles. The SMILES string of the molecule is C=C[C@H]1CC2=CC(=O)CC[C@@H]2[C@H]2CC[C@@]3(C)[C@@H]([C@H]4C[C@H]4[C@@]34C=CCO4)[C@@H]21. The van der Waals surface area contributed by atoms with Crippen LogP contribution in [0.5, 0.6) is 0 Å². The second kappa shape index (κ2) is 5.01. The minimum Gasteiger partial charge on any atom is -0.366 e. The first-order valence-corrected chi connectivity index (χ1v) is 10.8. The lowest BCUT2D eigenvalue weighted by Gasteiger charge is -2.59. The fraction of sp³-hybridized carbons (Fsp3) is 0.708. The van der Waals surface area contributed by atoms with Gasteiger partial charge in [0, 0.05) is 11.8 Å². The first-order valence-electron chi connectivity index (χ1n) is 10.8. The Morgan fingerprint density at radius 2 is 2.19 bits per heavy atom. The Morgan fingerprint density at radius 1 is 1.31 bits per heavy atom. The van der Waals surface area contributed by atoms with E-state index in [0.29, 0.717) is 23.0 Å². The van der Waals surface area contributed by atoms with Gasteiger partial charge in [0.25, 0.3) is 0 Å². The fourth-order valence-electron chi connectivity index (χ4n) is 8.57. The van der Waals surface area contributed by atoms with Crippen molar-refractivity contribution in [1.29, 1.82) is 0 Å². The van der Waals surface area contributed by atoms with Gasteiger partial charge in [0.15, 0.2) is 5.78 Å². The molecule has 0 amide bonds. The first kappa shape index (κ1) is 15.9. The fourth-order valence-corrected chi connectivity index (χ4v) is 8.57. The molecular weight excluding hydrogens is 320 g/mol. The molecule has 0 N–H and O–H groups in total. The van der Waals surface area contributed by atoms with Crippen LogP contribution in [0.4, 0.5) is 0 Å². The van der Waals surface area contributed by atoms with Crippen LogP contribution >= 0.6 is 0 Å². The molecule has 0 radical (unpaired) electrons. The van der Waals surface area contributed by atoms with Gasteiger partial charge in [-0.15, -0.1) is 6.58 Å². The molecule has 6 rings (SSSR count). The Labute approximate surface area is 156 Å². The van der Waals surface area contributed by atoms with E-state index in [2.05, 4.69) is 31.7 Å². The summed E-state index contributed by atoms with van der Waals surface area (Å²) in [7, 11) is 0. The quantitative estimate of drug-likeness (QED) is 0.640. The number of allylic oxidation sites excluding steroid dienone is 2. The van der Waals surface area contributed by atoms with E-state index in [1.165, 1.54) is 24.8 Å². The lowest BCUT2D eigenvalue weighted by atomic mass is 9.47. The van der Waals surface area contributed by atoms with Gasteiger partial charge < -0.3 is 4.74 Å². The Kier molecular flexibility index (Phi) is 3.06. The molecule has 0 aromatic rings. The number of carbonyl (C=O) groups is 1. The van der Waals surface area contributed by atoms with Crippen molar-refractivity contribution in [1.82, 2.24) is 0 Å². The van der Waals surface area contributed by atoms with Crippen LogP contribution in [0.3, 0.4) is 0 Å². The van der Waals surface area contributed by atoms with Crippen LogP contribution < -0.4 is 0 Å². The molecule has 26 heavy (non-hydrogen) atoms. The van der Waals surface area contributed by atoms with Crippen molar-refractivity contribution in [2.75, 3.05) is 6.61 Å². The number of ether oxygens (including phenoxy) is 1. The van der Waals surface area contributed by atoms with Gasteiger partial charge in [0.2, 0.25) is 0 Å². The van der Waals surface area contributed by atoms with Crippen LogP contribution in [0.2, 0.25) is 0 Å². The van der Waals surface area contributed by atoms with Gasteiger partial charge in [-0.25, -0.2) is 0 Å². The predicted molar refractivity (Wildman–Crippen MR) is 101 cm³/mol. The van der Waals surface area contributed by atoms with Gasteiger partial charge in [-0.2, -0.15) is 0 Å². The Balaban J connectivity index is 1.43. The zero-order valence-corrected chi connectivity index (χ0v) is 15.8. The van der Waals surface area contributed by atoms with Gasteiger partial charge in [-0.05, 0) is 79.6 Å². The third-order valence-corrected chi connectivity index (χ3v) is 9.48. The molecular formula is C24H30O2. The molecule has 0 unspecified atom stereocenters. The highest BCUT2D eigenvalue weighted by Gasteiger charge is 2.76. The van der Waals surface area contributed by atoms with Gasteiger partial charge in [-0.3, -0.25) is 4.79 Å². The van der Waals surface area contributed by atoms with E-state index in [9.17, 15) is 4.79 Å². The predicted octanol–water partition coefficient (Wildman–Crippen LogP) is 4.72. The topological polar surface area (TPSA) is 26.3 Å². The number of hydrogen-bond acceptors (Lipinski definition) is 2. The smallest absolute Gasteiger partial charge is 0.155 e. The van der Waals surface area contributed by atoms with Crippen LogP contribution in [-0.2, 0) is 9.53 Å². The molecule has 138 valence electrons. The number of carbonyl (C=O) groups excluding carboxylic acids is 1. The van der Waals surface area contributed by atoms with Crippen LogP contribution in [0.1, 0.15) is 45.4 Å². The normalized spacial score (nSPS) is 56.4. The van der Waals surface area contributed by atoms with Gasteiger partial charge in [0.05, 0.1) is 12.2 Å². The third-order valence-electron chi connectivity index (χ3n) is 9.48. The summed E-state index contributed by atoms with van der Waals surface area (Å²) in [6.45, 7) is 7.59. The van der Waals surface area contributed by atoms with E-state index in [1.807, 2.05) is 6.08 Å². The summed E-state index contributed by atoms with van der Waals surface area (Å²) in [5, 5.41) is 0. The molecule has 4 fully saturated rings. The van der Waals surface area contributed by atoms with Gasteiger partial charge in [0.1, 0.15) is 0 Å². The van der Waals surface area contributed by atoms with Gasteiger partial charge in [-0.1, -0.05) is 30.7 Å². The second-order valence-electron chi connectivity index (χ2n) is 10.2. The number of fused-ring (bicyclic) bond motifs is 9. The molecule has 2 nitrogen and oxygen atoms in total. The van der Waals surface area contributed by atoms with Crippen LogP contribution in [0.25, 0.3) is 0 Å². The molecule has 1 spiro atoms. The Bertz CT molecular complexity index is 747. The number of hydrogen-bond donors (Lipinski definition) is 0. The van der Waals surface area contributed by atoms with E-state index in [0.717, 1.165) is 55.5 Å². The average molecular weight is 351 g/mol. The van der Waals surface area contributed by atoms with Crippen LogP contribution in [-0.4, -0.2) is 18.0 Å². The van der Waals surface area contributed by atoms with E-state index < -0.39 is 0 Å². The van der Waals surface area contributed by atoms with Gasteiger partial charge >= 0.3 is 0 Å². The molecule has 6 aliphatic rings. The standard InChI is InChI=1S/C24H30O2/c1-3-14-11-15-12-16(25)5-6-17(15)18-7-9-23(2)22(21(14)18)19-13-20(19)24(23)8-4-10-26-24/h3-4,8,12,14,17-22H,1,5-7,9-11,13H2,2H3/t14-,17-,18+,19-,20+,21+,22-,23-,24-/m0/s1. The number of ketones is 1. The summed E-state index contributed by atoms with van der Waals surface area (Å²) >= 11 is 0. The van der Waals surface area contributed by atoms with Crippen molar-refractivity contribution in [3.05, 3.63) is 36.5 Å². The monoisotopic (exact) mass is 350 g/mol. The highest BCUT2D eigenvalue weighted by molar-refractivity contribution is 5.91. The average Bonchev–Trinajstić information content (AvgIpc) is 3.20. The zero-order chi connectivity index (χ0) is 17.7. The van der Waals surface area contributed by atoms with Crippen molar-refractivity contribution in [2.24, 2.45) is 46.8 Å². The van der Waals surface area contributed by atoms with E-state index in [-0.39, 0.29) is 5.60 Å². The summed E-state index contributed by atoms with van der Waals surface area (Å²) in [5.74, 6) is 5.44. The molecule has 1 heterocycles. The number of rotatable bonds is 1. The van der Waals surface area contributed by atoms with E-state index >= 15 is 0 Å². The van der Waals surface area contributed by atoms with Crippen molar-refractivity contribution in [2.45, 2.75) is 51.0 Å². The van der Waals surface area contributed by atoms with Crippen molar-refractivity contribution < 1.29 is 9.53 Å². The van der Waals surface area contributed by atoms with E-state index in [4.69, 9.17) is 4.74 Å². The maximum Gasteiger partial charge on any atom is 0.155 e. The zero-order valence-electron chi connectivity index (χ0n) is 15.8. The summed E-state index contributed by atoms with van der Waals surface area (Å²) < 4.78 is 6.50. The summed E-state index contributed by atoms with van der Waals surface area (Å²) in [6.07, 6.45) is 15.9. The summed E-state index contributed by atoms with van der Waals surface area (Å²) in [6, 6.07) is 0. The molecule has 9 atom stereocenters. The van der Waals surface area contributed by atoms with Crippen molar-refractivity contribution in [3.63, 3.8) is 0 Å². The molecule has 2 heteroatoms. The second-order valence-corrected chi connectivity index (χ2v) is 10.2. The highest BCUT2D eigenvalue weighted by atomic mass is 16.5. The largest absolute Gasteiger partial charge is 0.366 e. The van der Waals surface area contributed by atoms with Crippen molar-refractivity contribution >= 4 is 5.78 Å². The molecule has 1 aliphatic heterocycles. The van der Waals surface area contributed by atoms with Crippen molar-refractivity contribution in [3.8, 4) is 0 Å². The maximum absolute atomic E-state index is 12.0. The molecule has 0 bridgehead atoms. The minimum absolute atomic E-state index is 0.0255. The van der Waals surface area contributed by atoms with Crippen LogP contribution in [0.15, 0.2) is 36.5 Å². The highest BCUT2D eigenvalue weighted by Crippen LogP contribution is 2.78. The molecule has 4 saturated carbocycles. The van der Waals surface area contributed by atoms with Crippen LogP contribution in [0, 0.1) is 46.8 Å². The lowest BCUT2D eigenvalue weighted by molar-refractivity contribution is -0.137. The first-order chi connectivity index (χ1) is 12.6. The summed E-state index contributed by atoms with van der Waals surface area (Å²) in [4.78, 5) is 12.0. The minimum atomic E-state index is 0.0255.